The van der Waals surface area contributed by atoms with Crippen LogP contribution in [0.15, 0.2) is 0 Å². The van der Waals surface area contributed by atoms with E-state index in [9.17, 15) is 13.2 Å². The lowest BCUT2D eigenvalue weighted by Gasteiger charge is -2.28. The number of carbonyl (C=O) groups excluding carboxylic acids is 1. The van der Waals surface area contributed by atoms with Gasteiger partial charge in [-0.1, -0.05) is 13.8 Å². The Balaban J connectivity index is 3.18. The van der Waals surface area contributed by atoms with E-state index in [-0.39, 0.29) is 24.3 Å². The maximum absolute atomic E-state index is 12.0. The molecule has 0 N–H and O–H groups in total. The minimum absolute atomic E-state index is 0.0723. The molecule has 1 aliphatic rings. The van der Waals surface area contributed by atoms with Gasteiger partial charge in [0.25, 0.3) is 5.91 Å². The van der Waals surface area contributed by atoms with Gasteiger partial charge >= 0.3 is 0 Å². The Morgan fingerprint density at radius 2 is 2.06 bits per heavy atom. The number of nitrogens with zero attached hydrogens (tertiary/aromatic N) is 1. The van der Waals surface area contributed by atoms with E-state index in [1.807, 2.05) is 0 Å². The first-order chi connectivity index (χ1) is 7.15. The van der Waals surface area contributed by atoms with Crippen LogP contribution in [0.1, 0.15) is 13.8 Å². The zero-order valence-electron chi connectivity index (χ0n) is 9.41. The van der Waals surface area contributed by atoms with Gasteiger partial charge in [-0.05, 0) is 5.92 Å². The van der Waals surface area contributed by atoms with Crippen LogP contribution in [0.5, 0.6) is 0 Å². The number of amides is 1. The Morgan fingerprint density at radius 3 is 2.31 bits per heavy atom. The van der Waals surface area contributed by atoms with Crippen LogP contribution in [0, 0.1) is 11.8 Å². The molecule has 0 radical (unpaired) electrons. The molecule has 94 valence electrons. The Kier molecular flexibility index (Phi) is 3.82. The third-order valence-corrected chi connectivity index (χ3v) is 5.36. The van der Waals surface area contributed by atoms with Gasteiger partial charge in [0.2, 0.25) is 10.0 Å². The third kappa shape index (κ3) is 2.05. The molecule has 7 heteroatoms. The molecule has 16 heavy (non-hydrogen) atoms. The summed E-state index contributed by atoms with van der Waals surface area (Å²) in [4.78, 5) is 10.8. The summed E-state index contributed by atoms with van der Waals surface area (Å²) in [5.74, 6) is -0.910. The molecule has 4 nitrogen and oxygen atoms in total. The van der Waals surface area contributed by atoms with Gasteiger partial charge in [0.1, 0.15) is 4.87 Å². The zero-order chi connectivity index (χ0) is 12.7. The summed E-state index contributed by atoms with van der Waals surface area (Å²) in [5.41, 5.74) is 0. The standard InChI is InChI=1S/C9H15Cl2NO3S/c1-6(2)9(11)7(4-10)5-12(8(9)13)16(3,14)15/h6-7H,4-5H2,1-3H3/t7-,9-/m0/s1. The highest BCUT2D eigenvalue weighted by Crippen LogP contribution is 2.42. The number of carbonyl (C=O) groups is 1. The van der Waals surface area contributed by atoms with Crippen LogP contribution in [0.25, 0.3) is 0 Å². The first-order valence-corrected chi connectivity index (χ1v) is 7.68. The number of sulfonamides is 1. The molecule has 1 heterocycles. The van der Waals surface area contributed by atoms with Gasteiger partial charge in [-0.2, -0.15) is 0 Å². The first kappa shape index (κ1) is 14.1. The molecule has 0 bridgehead atoms. The molecule has 1 saturated heterocycles. The maximum Gasteiger partial charge on any atom is 0.257 e. The number of halogens is 2. The van der Waals surface area contributed by atoms with Gasteiger partial charge in [0, 0.05) is 18.3 Å². The van der Waals surface area contributed by atoms with E-state index in [1.165, 1.54) is 0 Å². The lowest BCUT2D eigenvalue weighted by Crippen LogP contribution is -2.44. The second-order valence-corrected chi connectivity index (χ2v) is 7.21. The van der Waals surface area contributed by atoms with E-state index in [0.29, 0.717) is 0 Å². The van der Waals surface area contributed by atoms with Crippen LogP contribution in [0.4, 0.5) is 0 Å². The summed E-state index contributed by atoms with van der Waals surface area (Å²) >= 11 is 12.0. The summed E-state index contributed by atoms with van der Waals surface area (Å²) in [6, 6.07) is 0. The summed E-state index contributed by atoms with van der Waals surface area (Å²) < 4.78 is 23.7. The molecular formula is C9H15Cl2NO3S. The lowest BCUT2D eigenvalue weighted by molar-refractivity contribution is -0.127. The number of hydrogen-bond donors (Lipinski definition) is 0. The topological polar surface area (TPSA) is 54.5 Å². The predicted molar refractivity (Wildman–Crippen MR) is 64.2 cm³/mol. The normalized spacial score (nSPS) is 31.5. The Bertz CT molecular complexity index is 396. The third-order valence-electron chi connectivity index (χ3n) is 2.96. The molecule has 1 rings (SSSR count). The quantitative estimate of drug-likeness (QED) is 0.735. The lowest BCUT2D eigenvalue weighted by atomic mass is 9.86. The largest absolute Gasteiger partial charge is 0.272 e. The molecule has 0 aromatic rings. The van der Waals surface area contributed by atoms with Crippen molar-refractivity contribution in [3.8, 4) is 0 Å². The van der Waals surface area contributed by atoms with Crippen molar-refractivity contribution in [1.29, 1.82) is 0 Å². The van der Waals surface area contributed by atoms with E-state index in [2.05, 4.69) is 0 Å². The Morgan fingerprint density at radius 1 is 1.56 bits per heavy atom. The minimum atomic E-state index is -3.56. The zero-order valence-corrected chi connectivity index (χ0v) is 11.7. The number of rotatable bonds is 3. The van der Waals surface area contributed by atoms with Crippen LogP contribution in [0.3, 0.4) is 0 Å². The van der Waals surface area contributed by atoms with Crippen molar-refractivity contribution in [2.45, 2.75) is 18.7 Å². The van der Waals surface area contributed by atoms with Crippen molar-refractivity contribution in [2.75, 3.05) is 18.7 Å². The monoisotopic (exact) mass is 287 g/mol. The molecule has 0 aromatic heterocycles. The van der Waals surface area contributed by atoms with Gasteiger partial charge < -0.3 is 0 Å². The second kappa shape index (κ2) is 4.35. The molecule has 0 aromatic carbocycles. The van der Waals surface area contributed by atoms with Crippen molar-refractivity contribution < 1.29 is 13.2 Å². The number of hydrogen-bond acceptors (Lipinski definition) is 3. The molecule has 1 fully saturated rings. The molecule has 1 amide bonds. The number of alkyl halides is 2. The van der Waals surface area contributed by atoms with Gasteiger partial charge in [-0.3, -0.25) is 4.79 Å². The molecular weight excluding hydrogens is 273 g/mol. The highest BCUT2D eigenvalue weighted by Gasteiger charge is 2.56. The SMILES string of the molecule is CC(C)[C@@]1(Cl)C(=O)N(S(C)(=O)=O)C[C@@H]1CCl. The van der Waals surface area contributed by atoms with Crippen molar-refractivity contribution in [1.82, 2.24) is 4.31 Å². The van der Waals surface area contributed by atoms with Crippen LogP contribution in [-0.4, -0.2) is 42.2 Å². The summed E-state index contributed by atoms with van der Waals surface area (Å²) in [5, 5.41) is 0. The molecule has 0 aliphatic carbocycles. The van der Waals surface area contributed by atoms with E-state index in [4.69, 9.17) is 23.2 Å². The fraction of sp³-hybridized carbons (Fsp3) is 0.889. The van der Waals surface area contributed by atoms with E-state index in [0.717, 1.165) is 10.6 Å². The molecule has 0 saturated carbocycles. The highest BCUT2D eigenvalue weighted by atomic mass is 35.5. The van der Waals surface area contributed by atoms with Crippen molar-refractivity contribution >= 4 is 39.1 Å². The van der Waals surface area contributed by atoms with Crippen molar-refractivity contribution in [3.63, 3.8) is 0 Å². The second-order valence-electron chi connectivity index (χ2n) is 4.37. The molecule has 0 spiro atoms. The Labute approximate surface area is 106 Å². The average Bonchev–Trinajstić information content (AvgIpc) is 2.40. The van der Waals surface area contributed by atoms with Crippen LogP contribution < -0.4 is 0 Å². The van der Waals surface area contributed by atoms with Crippen LogP contribution in [0.2, 0.25) is 0 Å². The Hall–Kier alpha value is -0.000000000000000111. The fourth-order valence-electron chi connectivity index (χ4n) is 1.95. The van der Waals surface area contributed by atoms with Crippen molar-refractivity contribution in [2.24, 2.45) is 11.8 Å². The van der Waals surface area contributed by atoms with Crippen molar-refractivity contribution in [3.05, 3.63) is 0 Å². The fourth-order valence-corrected chi connectivity index (χ4v) is 3.57. The predicted octanol–water partition coefficient (Wildman–Crippen LogP) is 1.28. The summed E-state index contributed by atoms with van der Waals surface area (Å²) in [6.07, 6.45) is 0.999. The van der Waals surface area contributed by atoms with E-state index >= 15 is 0 Å². The van der Waals surface area contributed by atoms with Gasteiger partial charge in [-0.25, -0.2) is 12.7 Å². The minimum Gasteiger partial charge on any atom is -0.272 e. The smallest absolute Gasteiger partial charge is 0.257 e. The molecule has 2 atom stereocenters. The van der Waals surface area contributed by atoms with Crippen LogP contribution in [-0.2, 0) is 14.8 Å². The highest BCUT2D eigenvalue weighted by molar-refractivity contribution is 7.88. The summed E-state index contributed by atoms with van der Waals surface area (Å²) in [7, 11) is -3.56. The van der Waals surface area contributed by atoms with E-state index in [1.54, 1.807) is 13.8 Å². The molecule has 1 aliphatic heterocycles. The molecule has 0 unspecified atom stereocenters. The maximum atomic E-state index is 12.0. The van der Waals surface area contributed by atoms with Crippen LogP contribution >= 0.6 is 23.2 Å². The van der Waals surface area contributed by atoms with Gasteiger partial charge in [0.15, 0.2) is 0 Å². The average molecular weight is 288 g/mol. The summed E-state index contributed by atoms with van der Waals surface area (Å²) in [6.45, 7) is 3.65. The van der Waals surface area contributed by atoms with Gasteiger partial charge in [-0.15, -0.1) is 23.2 Å². The van der Waals surface area contributed by atoms with Gasteiger partial charge in [0.05, 0.1) is 6.26 Å². The van der Waals surface area contributed by atoms with E-state index < -0.39 is 20.8 Å². The first-order valence-electron chi connectivity index (χ1n) is 4.92.